The van der Waals surface area contributed by atoms with Crippen molar-refractivity contribution >= 4 is 29.8 Å². The number of carbonyl (C=O) groups excluding carboxylic acids is 1. The molecule has 4 heteroatoms. The van der Waals surface area contributed by atoms with Crippen molar-refractivity contribution in [3.05, 3.63) is 34.9 Å². The van der Waals surface area contributed by atoms with E-state index < -0.39 is 0 Å². The van der Waals surface area contributed by atoms with E-state index in [1.54, 1.807) is 24.3 Å². The minimum absolute atomic E-state index is 0. The molecule has 0 bridgehead atoms. The Hall–Kier alpha value is -0.570. The molecule has 0 N–H and O–H groups in total. The van der Waals surface area contributed by atoms with E-state index in [1.807, 2.05) is 0 Å². The van der Waals surface area contributed by atoms with Crippen molar-refractivity contribution in [1.29, 1.82) is 0 Å². The monoisotopic (exact) mass is 275 g/mol. The maximum atomic E-state index is 11.8. The summed E-state index contributed by atoms with van der Waals surface area (Å²) in [7, 11) is 0. The van der Waals surface area contributed by atoms with Crippen LogP contribution in [0.25, 0.3) is 0 Å². The second kappa shape index (κ2) is 8.51. The van der Waals surface area contributed by atoms with Gasteiger partial charge < -0.3 is 4.90 Å². The summed E-state index contributed by atoms with van der Waals surface area (Å²) in [5.74, 6) is 0.184. The van der Waals surface area contributed by atoms with Gasteiger partial charge in [-0.3, -0.25) is 4.79 Å². The summed E-state index contributed by atoms with van der Waals surface area (Å²) >= 11 is 5.77. The van der Waals surface area contributed by atoms with Crippen LogP contribution in [0.15, 0.2) is 24.3 Å². The van der Waals surface area contributed by atoms with Gasteiger partial charge in [-0.15, -0.1) is 12.4 Å². The van der Waals surface area contributed by atoms with Gasteiger partial charge in [-0.25, -0.2) is 0 Å². The third kappa shape index (κ3) is 5.53. The van der Waals surface area contributed by atoms with Gasteiger partial charge in [0.05, 0.1) is 0 Å². The van der Waals surface area contributed by atoms with E-state index >= 15 is 0 Å². The van der Waals surface area contributed by atoms with Crippen LogP contribution in [0.3, 0.4) is 0 Å². The van der Waals surface area contributed by atoms with Crippen molar-refractivity contribution in [2.45, 2.75) is 20.3 Å². The lowest BCUT2D eigenvalue weighted by Crippen LogP contribution is -2.25. The maximum absolute atomic E-state index is 11.8. The zero-order chi connectivity index (χ0) is 12.0. The van der Waals surface area contributed by atoms with Crippen molar-refractivity contribution < 1.29 is 4.79 Å². The van der Waals surface area contributed by atoms with Crippen molar-refractivity contribution in [3.63, 3.8) is 0 Å². The summed E-state index contributed by atoms with van der Waals surface area (Å²) in [5.41, 5.74) is 0.747. The standard InChI is InChI=1S/C13H18ClNO.ClH/c1-3-15(4-2)10-9-13(16)11-5-7-12(14)8-6-11;/h5-8H,3-4,9-10H2,1-2H3;1H. The first-order valence-corrected chi connectivity index (χ1v) is 6.06. The Labute approximate surface area is 114 Å². The van der Waals surface area contributed by atoms with Crippen LogP contribution in [0.5, 0.6) is 0 Å². The minimum Gasteiger partial charge on any atom is -0.303 e. The number of carbonyl (C=O) groups is 1. The second-order valence-electron chi connectivity index (χ2n) is 3.71. The fourth-order valence-corrected chi connectivity index (χ4v) is 1.71. The van der Waals surface area contributed by atoms with Crippen LogP contribution in [0.4, 0.5) is 0 Å². The Kier molecular flexibility index (Phi) is 8.23. The molecule has 0 aromatic heterocycles. The van der Waals surface area contributed by atoms with Gasteiger partial charge in [-0.2, -0.15) is 0 Å². The lowest BCUT2D eigenvalue weighted by Gasteiger charge is -2.16. The molecule has 0 aliphatic rings. The highest BCUT2D eigenvalue weighted by Crippen LogP contribution is 2.11. The Balaban J connectivity index is 0.00000256. The quantitative estimate of drug-likeness (QED) is 0.739. The minimum atomic E-state index is 0. The van der Waals surface area contributed by atoms with Crippen molar-refractivity contribution in [2.24, 2.45) is 0 Å². The molecule has 0 saturated heterocycles. The fraction of sp³-hybridized carbons (Fsp3) is 0.462. The van der Waals surface area contributed by atoms with Crippen LogP contribution in [0, 0.1) is 0 Å². The summed E-state index contributed by atoms with van der Waals surface area (Å²) in [6.45, 7) is 7.02. The van der Waals surface area contributed by atoms with Crippen molar-refractivity contribution in [1.82, 2.24) is 4.90 Å². The first-order valence-electron chi connectivity index (χ1n) is 5.68. The highest BCUT2D eigenvalue weighted by atomic mass is 35.5. The lowest BCUT2D eigenvalue weighted by atomic mass is 10.1. The van der Waals surface area contributed by atoms with Gasteiger partial charge in [0.15, 0.2) is 5.78 Å². The molecule has 0 aliphatic carbocycles. The molecule has 1 rings (SSSR count). The first kappa shape index (κ1) is 16.4. The number of halogens is 2. The summed E-state index contributed by atoms with van der Waals surface area (Å²) in [6.07, 6.45) is 0.573. The Morgan fingerprint density at radius 2 is 1.71 bits per heavy atom. The highest BCUT2D eigenvalue weighted by molar-refractivity contribution is 6.30. The van der Waals surface area contributed by atoms with Gasteiger partial charge in [0.1, 0.15) is 0 Å². The molecule has 0 radical (unpaired) electrons. The molecule has 0 spiro atoms. The van der Waals surface area contributed by atoms with E-state index in [-0.39, 0.29) is 18.2 Å². The van der Waals surface area contributed by atoms with E-state index in [0.29, 0.717) is 11.4 Å². The normalized spacial score (nSPS) is 10.1. The second-order valence-corrected chi connectivity index (χ2v) is 4.14. The number of ketones is 1. The zero-order valence-corrected chi connectivity index (χ0v) is 11.9. The van der Waals surface area contributed by atoms with Gasteiger partial charge >= 0.3 is 0 Å². The van der Waals surface area contributed by atoms with E-state index in [1.165, 1.54) is 0 Å². The van der Waals surface area contributed by atoms with Gasteiger partial charge in [-0.05, 0) is 37.4 Å². The Morgan fingerprint density at radius 1 is 1.18 bits per heavy atom. The average molecular weight is 276 g/mol. The van der Waals surface area contributed by atoms with Gasteiger partial charge in [0, 0.05) is 23.6 Å². The molecule has 0 aliphatic heterocycles. The molecule has 0 heterocycles. The molecule has 96 valence electrons. The van der Waals surface area contributed by atoms with E-state index in [9.17, 15) is 4.79 Å². The predicted molar refractivity (Wildman–Crippen MR) is 75.4 cm³/mol. The van der Waals surface area contributed by atoms with Crippen LogP contribution in [0.2, 0.25) is 5.02 Å². The van der Waals surface area contributed by atoms with Crippen LogP contribution in [-0.4, -0.2) is 30.3 Å². The van der Waals surface area contributed by atoms with Crippen LogP contribution in [-0.2, 0) is 0 Å². The Morgan fingerprint density at radius 3 is 2.18 bits per heavy atom. The number of hydrogen-bond donors (Lipinski definition) is 0. The van der Waals surface area contributed by atoms with Crippen molar-refractivity contribution in [2.75, 3.05) is 19.6 Å². The molecule has 1 aromatic rings. The van der Waals surface area contributed by atoms with Crippen LogP contribution < -0.4 is 0 Å². The molecular weight excluding hydrogens is 257 g/mol. The topological polar surface area (TPSA) is 20.3 Å². The largest absolute Gasteiger partial charge is 0.303 e. The third-order valence-electron chi connectivity index (χ3n) is 2.72. The molecule has 0 atom stereocenters. The SMILES string of the molecule is CCN(CC)CCC(=O)c1ccc(Cl)cc1.Cl. The molecule has 1 aromatic carbocycles. The maximum Gasteiger partial charge on any atom is 0.164 e. The Bertz CT molecular complexity index is 334. The van der Waals surface area contributed by atoms with Gasteiger partial charge in [0.2, 0.25) is 0 Å². The summed E-state index contributed by atoms with van der Waals surface area (Å²) in [4.78, 5) is 14.1. The van der Waals surface area contributed by atoms with E-state index in [4.69, 9.17) is 11.6 Å². The molecular formula is C13H19Cl2NO. The highest BCUT2D eigenvalue weighted by Gasteiger charge is 2.07. The van der Waals surface area contributed by atoms with E-state index in [0.717, 1.165) is 25.2 Å². The summed E-state index contributed by atoms with van der Waals surface area (Å²) in [5, 5.41) is 0.667. The van der Waals surface area contributed by atoms with Crippen molar-refractivity contribution in [3.8, 4) is 0 Å². The number of Topliss-reactive ketones (excluding diaryl/α,β-unsaturated/α-hetero) is 1. The molecule has 0 fully saturated rings. The smallest absolute Gasteiger partial charge is 0.164 e. The predicted octanol–water partition coefficient (Wildman–Crippen LogP) is 3.68. The third-order valence-corrected chi connectivity index (χ3v) is 2.97. The van der Waals surface area contributed by atoms with E-state index in [2.05, 4.69) is 18.7 Å². The molecule has 0 unspecified atom stereocenters. The molecule has 0 amide bonds. The zero-order valence-electron chi connectivity index (χ0n) is 10.3. The van der Waals surface area contributed by atoms with Gasteiger partial charge in [0.25, 0.3) is 0 Å². The molecule has 0 saturated carbocycles. The van der Waals surface area contributed by atoms with Crippen LogP contribution in [0.1, 0.15) is 30.6 Å². The molecule has 2 nitrogen and oxygen atoms in total. The lowest BCUT2D eigenvalue weighted by molar-refractivity contribution is 0.0966. The van der Waals surface area contributed by atoms with Crippen LogP contribution >= 0.6 is 24.0 Å². The summed E-state index contributed by atoms with van der Waals surface area (Å²) < 4.78 is 0. The summed E-state index contributed by atoms with van der Waals surface area (Å²) in [6, 6.07) is 7.08. The number of nitrogens with zero attached hydrogens (tertiary/aromatic N) is 1. The van der Waals surface area contributed by atoms with Gasteiger partial charge in [-0.1, -0.05) is 25.4 Å². The number of benzene rings is 1. The first-order chi connectivity index (χ1) is 7.67. The fourth-order valence-electron chi connectivity index (χ4n) is 1.58. The number of hydrogen-bond acceptors (Lipinski definition) is 2. The molecule has 17 heavy (non-hydrogen) atoms. The number of rotatable bonds is 6. The average Bonchev–Trinajstić information content (AvgIpc) is 2.31.